The fourth-order valence-corrected chi connectivity index (χ4v) is 3.32. The van der Waals surface area contributed by atoms with Gasteiger partial charge in [0.05, 0.1) is 5.69 Å². The fraction of sp³-hybridized carbons (Fsp3) is 0.588. The minimum absolute atomic E-state index is 0.178. The van der Waals surface area contributed by atoms with E-state index in [9.17, 15) is 4.79 Å². The smallest absolute Gasteiger partial charge is 0.203 e. The molecule has 2 heterocycles. The molecule has 0 amide bonds. The van der Waals surface area contributed by atoms with E-state index in [1.165, 1.54) is 38.5 Å². The molecule has 0 spiro atoms. The van der Waals surface area contributed by atoms with Gasteiger partial charge in [-0.25, -0.2) is 0 Å². The van der Waals surface area contributed by atoms with Gasteiger partial charge in [0.15, 0.2) is 0 Å². The highest BCUT2D eigenvalue weighted by atomic mass is 16.1. The molecule has 0 unspecified atom stereocenters. The highest BCUT2D eigenvalue weighted by Crippen LogP contribution is 2.20. The summed E-state index contributed by atoms with van der Waals surface area (Å²) in [5.74, 6) is 0. The monoisotopic (exact) mass is 272 g/mol. The van der Waals surface area contributed by atoms with E-state index in [1.54, 1.807) is 0 Å². The van der Waals surface area contributed by atoms with Crippen molar-refractivity contribution in [1.82, 2.24) is 0 Å². The van der Waals surface area contributed by atoms with Crippen LogP contribution in [0.2, 0.25) is 0 Å². The molecule has 2 saturated heterocycles. The SMILES string of the molecule is O=c1cc(N2CCCCC2)cccc1N1CCCCC1. The average molecular weight is 272 g/mol. The zero-order chi connectivity index (χ0) is 13.8. The lowest BCUT2D eigenvalue weighted by Crippen LogP contribution is -2.33. The summed E-state index contributed by atoms with van der Waals surface area (Å²) in [6, 6.07) is 7.99. The molecule has 0 saturated carbocycles. The Hall–Kier alpha value is -1.51. The van der Waals surface area contributed by atoms with E-state index in [-0.39, 0.29) is 5.43 Å². The van der Waals surface area contributed by atoms with Crippen molar-refractivity contribution in [3.63, 3.8) is 0 Å². The number of hydrogen-bond acceptors (Lipinski definition) is 3. The summed E-state index contributed by atoms with van der Waals surface area (Å²) in [7, 11) is 0. The van der Waals surface area contributed by atoms with Gasteiger partial charge in [-0.1, -0.05) is 6.07 Å². The molecule has 3 rings (SSSR count). The average Bonchev–Trinajstić information content (AvgIpc) is 2.71. The Bertz CT molecular complexity index is 503. The van der Waals surface area contributed by atoms with Gasteiger partial charge in [0.25, 0.3) is 0 Å². The van der Waals surface area contributed by atoms with Gasteiger partial charge in [0.1, 0.15) is 0 Å². The van der Waals surface area contributed by atoms with Crippen molar-refractivity contribution in [3.8, 4) is 0 Å². The predicted octanol–water partition coefficient (Wildman–Crippen LogP) is 3.03. The van der Waals surface area contributed by atoms with Gasteiger partial charge in [-0.15, -0.1) is 0 Å². The van der Waals surface area contributed by atoms with Crippen LogP contribution in [-0.2, 0) is 0 Å². The molecule has 0 aliphatic carbocycles. The molecule has 1 aromatic rings. The van der Waals surface area contributed by atoms with Crippen molar-refractivity contribution in [2.75, 3.05) is 36.0 Å². The predicted molar refractivity (Wildman–Crippen MR) is 84.8 cm³/mol. The zero-order valence-corrected chi connectivity index (χ0v) is 12.2. The van der Waals surface area contributed by atoms with Crippen LogP contribution >= 0.6 is 0 Å². The first kappa shape index (κ1) is 13.5. The second kappa shape index (κ2) is 6.29. The molecule has 0 aromatic heterocycles. The maximum Gasteiger partial charge on any atom is 0.203 e. The molecular formula is C17H24N2O. The molecule has 20 heavy (non-hydrogen) atoms. The summed E-state index contributed by atoms with van der Waals surface area (Å²) < 4.78 is 0. The topological polar surface area (TPSA) is 23.6 Å². The van der Waals surface area contributed by atoms with E-state index < -0.39 is 0 Å². The van der Waals surface area contributed by atoms with Crippen LogP contribution in [0.5, 0.6) is 0 Å². The maximum atomic E-state index is 12.5. The van der Waals surface area contributed by atoms with Crippen LogP contribution in [0, 0.1) is 0 Å². The Kier molecular flexibility index (Phi) is 4.24. The third-order valence-corrected chi connectivity index (χ3v) is 4.47. The lowest BCUT2D eigenvalue weighted by molar-refractivity contribution is 0.576. The number of piperidine rings is 2. The van der Waals surface area contributed by atoms with E-state index >= 15 is 0 Å². The third-order valence-electron chi connectivity index (χ3n) is 4.47. The molecule has 1 aromatic carbocycles. The first-order chi connectivity index (χ1) is 9.84. The molecule has 108 valence electrons. The van der Waals surface area contributed by atoms with Crippen molar-refractivity contribution >= 4 is 11.4 Å². The summed E-state index contributed by atoms with van der Waals surface area (Å²) in [6.45, 7) is 4.22. The van der Waals surface area contributed by atoms with Crippen LogP contribution in [0.1, 0.15) is 38.5 Å². The molecular weight excluding hydrogens is 248 g/mol. The summed E-state index contributed by atoms with van der Waals surface area (Å²) in [5.41, 5.74) is 2.16. The Balaban J connectivity index is 1.86. The van der Waals surface area contributed by atoms with Crippen LogP contribution < -0.4 is 15.2 Å². The van der Waals surface area contributed by atoms with Gasteiger partial charge < -0.3 is 9.80 Å². The fourth-order valence-electron chi connectivity index (χ4n) is 3.32. The van der Waals surface area contributed by atoms with Gasteiger partial charge in [-0.2, -0.15) is 0 Å². The number of anilines is 2. The van der Waals surface area contributed by atoms with Gasteiger partial charge >= 0.3 is 0 Å². The van der Waals surface area contributed by atoms with Crippen molar-refractivity contribution < 1.29 is 0 Å². The van der Waals surface area contributed by atoms with Crippen LogP contribution in [0.4, 0.5) is 11.4 Å². The largest absolute Gasteiger partial charge is 0.371 e. The standard InChI is InChI=1S/C17H24N2O/c20-17-14-15(18-10-3-1-4-11-18)8-7-9-16(17)19-12-5-2-6-13-19/h7-9,14H,1-6,10-13H2. The summed E-state index contributed by atoms with van der Waals surface area (Å²) >= 11 is 0. The molecule has 0 atom stereocenters. The van der Waals surface area contributed by atoms with Gasteiger partial charge in [0.2, 0.25) is 5.43 Å². The molecule has 2 aliphatic heterocycles. The quantitative estimate of drug-likeness (QED) is 0.827. The van der Waals surface area contributed by atoms with E-state index in [1.807, 2.05) is 12.1 Å². The second-order valence-electron chi connectivity index (χ2n) is 5.94. The normalized spacial score (nSPS) is 20.0. The zero-order valence-electron chi connectivity index (χ0n) is 12.2. The van der Waals surface area contributed by atoms with E-state index in [0.717, 1.165) is 37.6 Å². The van der Waals surface area contributed by atoms with Crippen molar-refractivity contribution in [1.29, 1.82) is 0 Å². The highest BCUT2D eigenvalue weighted by Gasteiger charge is 2.15. The van der Waals surface area contributed by atoms with Gasteiger partial charge in [-0.3, -0.25) is 4.79 Å². The van der Waals surface area contributed by atoms with Crippen molar-refractivity contribution in [3.05, 3.63) is 34.5 Å². The third kappa shape index (κ3) is 2.97. The minimum Gasteiger partial charge on any atom is -0.371 e. The molecule has 2 aliphatic rings. The molecule has 0 N–H and O–H groups in total. The number of nitrogens with zero attached hydrogens (tertiary/aromatic N) is 2. The number of rotatable bonds is 2. The van der Waals surface area contributed by atoms with E-state index in [4.69, 9.17) is 0 Å². The Morgan fingerprint density at radius 3 is 2.00 bits per heavy atom. The molecule has 0 bridgehead atoms. The lowest BCUT2D eigenvalue weighted by Gasteiger charge is -2.28. The van der Waals surface area contributed by atoms with Crippen LogP contribution in [0.3, 0.4) is 0 Å². The van der Waals surface area contributed by atoms with E-state index in [2.05, 4.69) is 21.9 Å². The molecule has 2 fully saturated rings. The molecule has 3 heteroatoms. The highest BCUT2D eigenvalue weighted by molar-refractivity contribution is 5.53. The first-order valence-corrected chi connectivity index (χ1v) is 7.99. The lowest BCUT2D eigenvalue weighted by atomic mass is 10.1. The Morgan fingerprint density at radius 1 is 0.750 bits per heavy atom. The molecule has 3 nitrogen and oxygen atoms in total. The maximum absolute atomic E-state index is 12.5. The number of hydrogen-bond donors (Lipinski definition) is 0. The molecule has 0 radical (unpaired) electrons. The minimum atomic E-state index is 0.178. The van der Waals surface area contributed by atoms with Crippen LogP contribution in [-0.4, -0.2) is 26.2 Å². The summed E-state index contributed by atoms with van der Waals surface area (Å²) in [4.78, 5) is 17.1. The van der Waals surface area contributed by atoms with E-state index in [0.29, 0.717) is 0 Å². The Labute approximate surface area is 121 Å². The van der Waals surface area contributed by atoms with Crippen LogP contribution in [0.25, 0.3) is 0 Å². The summed E-state index contributed by atoms with van der Waals surface area (Å²) in [5, 5.41) is 0. The van der Waals surface area contributed by atoms with Gasteiger partial charge in [-0.05, 0) is 50.7 Å². The van der Waals surface area contributed by atoms with Crippen molar-refractivity contribution in [2.45, 2.75) is 38.5 Å². The Morgan fingerprint density at radius 2 is 1.35 bits per heavy atom. The van der Waals surface area contributed by atoms with Crippen molar-refractivity contribution in [2.24, 2.45) is 0 Å². The van der Waals surface area contributed by atoms with Crippen LogP contribution in [0.15, 0.2) is 29.1 Å². The summed E-state index contributed by atoms with van der Waals surface area (Å²) in [6.07, 6.45) is 7.51. The van der Waals surface area contributed by atoms with Gasteiger partial charge in [0, 0.05) is 37.9 Å². The first-order valence-electron chi connectivity index (χ1n) is 7.99. The second-order valence-corrected chi connectivity index (χ2v) is 5.94.